The van der Waals surface area contributed by atoms with Gasteiger partial charge in [0.15, 0.2) is 0 Å². The molecule has 1 aromatic carbocycles. The minimum absolute atomic E-state index is 0.793. The molecule has 80 valence electrons. The van der Waals surface area contributed by atoms with E-state index >= 15 is 0 Å². The van der Waals surface area contributed by atoms with E-state index < -0.39 is 0 Å². The second-order valence-electron chi connectivity index (χ2n) is 3.39. The van der Waals surface area contributed by atoms with Crippen molar-refractivity contribution in [2.24, 2.45) is 0 Å². The van der Waals surface area contributed by atoms with Crippen molar-refractivity contribution < 1.29 is 0 Å². The summed E-state index contributed by atoms with van der Waals surface area (Å²) in [5.74, 6) is 0. The summed E-state index contributed by atoms with van der Waals surface area (Å²) in [6.45, 7) is 3.12. The molecule has 0 bridgehead atoms. The summed E-state index contributed by atoms with van der Waals surface area (Å²) in [6, 6.07) is 8.30. The Balaban J connectivity index is 3.12. The summed E-state index contributed by atoms with van der Waals surface area (Å²) >= 11 is 1.62. The highest BCUT2D eigenvalue weighted by molar-refractivity contribution is 7.98. The molecule has 0 fully saturated rings. The Labute approximate surface area is 95.9 Å². The van der Waals surface area contributed by atoms with Gasteiger partial charge in [0.25, 0.3) is 0 Å². The molecule has 0 aromatic heterocycles. The molecular weight excluding hydrogens is 204 g/mol. The average molecular weight is 220 g/mol. The molecule has 0 spiro atoms. The van der Waals surface area contributed by atoms with E-state index in [1.165, 1.54) is 0 Å². The Morgan fingerprint density at radius 3 is 2.73 bits per heavy atom. The van der Waals surface area contributed by atoms with Gasteiger partial charge in [0, 0.05) is 18.5 Å². The van der Waals surface area contributed by atoms with Gasteiger partial charge in [-0.25, -0.2) is 0 Å². The molecule has 0 saturated heterocycles. The number of hydrogen-bond donors (Lipinski definition) is 0. The van der Waals surface area contributed by atoms with E-state index in [4.69, 9.17) is 5.26 Å². The third-order valence-corrected chi connectivity index (χ3v) is 3.09. The van der Waals surface area contributed by atoms with E-state index in [2.05, 4.69) is 17.9 Å². The maximum atomic E-state index is 9.16. The maximum Gasteiger partial charge on any atom is 0.102 e. The van der Waals surface area contributed by atoms with Gasteiger partial charge in [-0.2, -0.15) is 5.26 Å². The molecule has 0 aliphatic rings. The lowest BCUT2D eigenvalue weighted by atomic mass is 10.1. The second-order valence-corrected chi connectivity index (χ2v) is 4.24. The third-order valence-electron chi connectivity index (χ3n) is 2.31. The molecule has 0 radical (unpaired) electrons. The smallest absolute Gasteiger partial charge is 0.102 e. The standard InChI is InChI=1S/C12H16N2S/c1-4-8-14(2)11-6-5-7-12(15-3)10(11)9-13/h5-7H,4,8H2,1-3H3. The van der Waals surface area contributed by atoms with Crippen LogP contribution in [-0.4, -0.2) is 19.8 Å². The SMILES string of the molecule is CCCN(C)c1cccc(SC)c1C#N. The number of anilines is 1. The Morgan fingerprint density at radius 2 is 2.20 bits per heavy atom. The average Bonchev–Trinajstić information content (AvgIpc) is 2.28. The van der Waals surface area contributed by atoms with Crippen molar-refractivity contribution in [1.82, 2.24) is 0 Å². The predicted molar refractivity (Wildman–Crippen MR) is 66.5 cm³/mol. The van der Waals surface area contributed by atoms with Crippen LogP contribution in [0.1, 0.15) is 18.9 Å². The van der Waals surface area contributed by atoms with Crippen LogP contribution in [0.4, 0.5) is 5.69 Å². The highest BCUT2D eigenvalue weighted by Gasteiger charge is 2.09. The fraction of sp³-hybridized carbons (Fsp3) is 0.417. The number of rotatable bonds is 4. The monoisotopic (exact) mass is 220 g/mol. The molecule has 0 amide bonds. The summed E-state index contributed by atoms with van der Waals surface area (Å²) in [5, 5.41) is 9.16. The van der Waals surface area contributed by atoms with Gasteiger partial charge >= 0.3 is 0 Å². The van der Waals surface area contributed by atoms with E-state index in [1.807, 2.05) is 31.5 Å². The first-order chi connectivity index (χ1) is 7.24. The summed E-state index contributed by atoms with van der Waals surface area (Å²) in [7, 11) is 2.03. The van der Waals surface area contributed by atoms with E-state index in [0.717, 1.165) is 29.1 Å². The van der Waals surface area contributed by atoms with Crippen molar-refractivity contribution in [3.8, 4) is 6.07 Å². The van der Waals surface area contributed by atoms with E-state index in [1.54, 1.807) is 11.8 Å². The Hall–Kier alpha value is -1.14. The van der Waals surface area contributed by atoms with Crippen LogP contribution >= 0.6 is 11.8 Å². The number of nitriles is 1. The Kier molecular flexibility index (Phi) is 4.51. The normalized spacial score (nSPS) is 9.73. The zero-order valence-corrected chi connectivity index (χ0v) is 10.3. The summed E-state index contributed by atoms with van der Waals surface area (Å²) < 4.78 is 0. The molecule has 0 unspecified atom stereocenters. The molecule has 1 rings (SSSR count). The number of hydrogen-bond acceptors (Lipinski definition) is 3. The highest BCUT2D eigenvalue weighted by atomic mass is 32.2. The van der Waals surface area contributed by atoms with Crippen LogP contribution in [0.3, 0.4) is 0 Å². The van der Waals surface area contributed by atoms with Gasteiger partial charge in [-0.05, 0) is 24.8 Å². The Morgan fingerprint density at radius 1 is 1.47 bits per heavy atom. The fourth-order valence-corrected chi connectivity index (χ4v) is 2.14. The maximum absolute atomic E-state index is 9.16. The van der Waals surface area contributed by atoms with Crippen molar-refractivity contribution in [3.63, 3.8) is 0 Å². The number of thioether (sulfide) groups is 1. The van der Waals surface area contributed by atoms with Crippen LogP contribution in [-0.2, 0) is 0 Å². The zero-order valence-electron chi connectivity index (χ0n) is 9.45. The topological polar surface area (TPSA) is 27.0 Å². The van der Waals surface area contributed by atoms with Crippen molar-refractivity contribution in [3.05, 3.63) is 23.8 Å². The van der Waals surface area contributed by atoms with Gasteiger partial charge in [0.1, 0.15) is 6.07 Å². The summed E-state index contributed by atoms with van der Waals surface area (Å²) in [6.07, 6.45) is 3.09. The van der Waals surface area contributed by atoms with Crippen molar-refractivity contribution in [2.45, 2.75) is 18.2 Å². The minimum atomic E-state index is 0.793. The van der Waals surface area contributed by atoms with E-state index in [-0.39, 0.29) is 0 Å². The molecule has 0 saturated carbocycles. The molecule has 0 heterocycles. The van der Waals surface area contributed by atoms with Gasteiger partial charge < -0.3 is 4.90 Å². The zero-order chi connectivity index (χ0) is 11.3. The molecule has 0 N–H and O–H groups in total. The molecule has 0 atom stereocenters. The molecule has 3 heteroatoms. The van der Waals surface area contributed by atoms with Crippen molar-refractivity contribution in [2.75, 3.05) is 24.7 Å². The lowest BCUT2D eigenvalue weighted by Gasteiger charge is -2.20. The molecule has 1 aromatic rings. The van der Waals surface area contributed by atoms with Gasteiger partial charge in [0.05, 0.1) is 11.3 Å². The first-order valence-corrected chi connectivity index (χ1v) is 6.25. The lowest BCUT2D eigenvalue weighted by molar-refractivity contribution is 0.849. The minimum Gasteiger partial charge on any atom is -0.374 e. The van der Waals surface area contributed by atoms with Crippen molar-refractivity contribution >= 4 is 17.4 Å². The molecule has 0 aliphatic heterocycles. The van der Waals surface area contributed by atoms with Crippen LogP contribution < -0.4 is 4.90 Å². The van der Waals surface area contributed by atoms with E-state index in [0.29, 0.717) is 0 Å². The highest BCUT2D eigenvalue weighted by Crippen LogP contribution is 2.28. The largest absolute Gasteiger partial charge is 0.374 e. The van der Waals surface area contributed by atoms with Gasteiger partial charge in [-0.3, -0.25) is 0 Å². The summed E-state index contributed by atoms with van der Waals surface area (Å²) in [5.41, 5.74) is 1.83. The Bertz CT molecular complexity index is 368. The molecular formula is C12H16N2S. The van der Waals surface area contributed by atoms with Crippen LogP contribution in [0.25, 0.3) is 0 Å². The first kappa shape index (κ1) is 11.9. The quantitative estimate of drug-likeness (QED) is 0.729. The fourth-order valence-electron chi connectivity index (χ4n) is 1.58. The van der Waals surface area contributed by atoms with Crippen LogP contribution in [0.5, 0.6) is 0 Å². The molecule has 15 heavy (non-hydrogen) atoms. The molecule has 0 aliphatic carbocycles. The van der Waals surface area contributed by atoms with E-state index in [9.17, 15) is 0 Å². The van der Waals surface area contributed by atoms with Gasteiger partial charge in [0.2, 0.25) is 0 Å². The molecule has 2 nitrogen and oxygen atoms in total. The lowest BCUT2D eigenvalue weighted by Crippen LogP contribution is -2.19. The van der Waals surface area contributed by atoms with Crippen LogP contribution in [0, 0.1) is 11.3 Å². The predicted octanol–water partition coefficient (Wildman–Crippen LogP) is 3.13. The van der Waals surface area contributed by atoms with Gasteiger partial charge in [-0.1, -0.05) is 13.0 Å². The third kappa shape index (κ3) is 2.66. The summed E-state index contributed by atoms with van der Waals surface area (Å²) in [4.78, 5) is 3.19. The van der Waals surface area contributed by atoms with Crippen LogP contribution in [0.15, 0.2) is 23.1 Å². The van der Waals surface area contributed by atoms with Gasteiger partial charge in [-0.15, -0.1) is 11.8 Å². The number of benzene rings is 1. The number of nitrogens with zero attached hydrogens (tertiary/aromatic N) is 2. The van der Waals surface area contributed by atoms with Crippen LogP contribution in [0.2, 0.25) is 0 Å². The van der Waals surface area contributed by atoms with Crippen molar-refractivity contribution in [1.29, 1.82) is 5.26 Å². The second kappa shape index (κ2) is 5.67. The first-order valence-electron chi connectivity index (χ1n) is 5.02.